The molecular weight excluding hydrogens is 250 g/mol. The number of nitrogens with zero attached hydrogens (tertiary/aromatic N) is 1. The van der Waals surface area contributed by atoms with Crippen molar-refractivity contribution >= 4 is 6.08 Å². The number of hydrogen-bond acceptors (Lipinski definition) is 3. The van der Waals surface area contributed by atoms with E-state index in [-0.39, 0.29) is 0 Å². The van der Waals surface area contributed by atoms with Crippen LogP contribution < -0.4 is 9.47 Å². The third-order valence-corrected chi connectivity index (χ3v) is 2.78. The van der Waals surface area contributed by atoms with Crippen molar-refractivity contribution in [2.45, 2.75) is 6.61 Å². The topological polar surface area (TPSA) is 42.2 Å². The predicted octanol–water partition coefficient (Wildman–Crippen LogP) is 3.81. The Labute approximate surface area is 118 Å². The molecule has 0 aromatic heterocycles. The molecule has 2 aromatic carbocycles. The van der Waals surface area contributed by atoms with Crippen LogP contribution in [-0.2, 0) is 6.61 Å². The molecule has 2 rings (SSSR count). The van der Waals surface area contributed by atoms with E-state index in [9.17, 15) is 0 Å². The minimum Gasteiger partial charge on any atom is -0.493 e. The lowest BCUT2D eigenvalue weighted by Crippen LogP contribution is -1.97. The lowest BCUT2D eigenvalue weighted by molar-refractivity contribution is 0.284. The molecular formula is C17H15NO2. The van der Waals surface area contributed by atoms with E-state index in [1.165, 1.54) is 6.08 Å². The molecule has 0 spiro atoms. The molecule has 0 saturated heterocycles. The fourth-order valence-corrected chi connectivity index (χ4v) is 1.78. The van der Waals surface area contributed by atoms with Gasteiger partial charge in [0.15, 0.2) is 11.5 Å². The van der Waals surface area contributed by atoms with Gasteiger partial charge in [0, 0.05) is 6.08 Å². The third-order valence-electron chi connectivity index (χ3n) is 2.78. The zero-order valence-electron chi connectivity index (χ0n) is 11.2. The van der Waals surface area contributed by atoms with Gasteiger partial charge in [-0.2, -0.15) is 5.26 Å². The van der Waals surface area contributed by atoms with Gasteiger partial charge in [-0.1, -0.05) is 36.4 Å². The van der Waals surface area contributed by atoms with Gasteiger partial charge < -0.3 is 9.47 Å². The molecule has 0 unspecified atom stereocenters. The first-order valence-electron chi connectivity index (χ1n) is 6.24. The summed E-state index contributed by atoms with van der Waals surface area (Å²) in [6.07, 6.45) is 3.16. The molecule has 0 atom stereocenters. The van der Waals surface area contributed by atoms with E-state index < -0.39 is 0 Å². The van der Waals surface area contributed by atoms with Crippen molar-refractivity contribution in [3.8, 4) is 17.6 Å². The van der Waals surface area contributed by atoms with Crippen LogP contribution in [0.25, 0.3) is 6.08 Å². The molecule has 0 amide bonds. The van der Waals surface area contributed by atoms with Crippen molar-refractivity contribution in [1.29, 1.82) is 5.26 Å². The number of allylic oxidation sites excluding steroid dienone is 1. The Kier molecular flexibility index (Phi) is 4.80. The van der Waals surface area contributed by atoms with E-state index in [0.29, 0.717) is 18.1 Å². The number of hydrogen-bond donors (Lipinski definition) is 0. The normalized spacial score (nSPS) is 10.2. The van der Waals surface area contributed by atoms with Crippen LogP contribution in [0.4, 0.5) is 0 Å². The maximum atomic E-state index is 8.56. The van der Waals surface area contributed by atoms with Crippen LogP contribution in [0.1, 0.15) is 11.1 Å². The summed E-state index contributed by atoms with van der Waals surface area (Å²) in [5.41, 5.74) is 1.99. The van der Waals surface area contributed by atoms with Gasteiger partial charge in [0.1, 0.15) is 6.61 Å². The van der Waals surface area contributed by atoms with Crippen LogP contribution in [-0.4, -0.2) is 7.11 Å². The van der Waals surface area contributed by atoms with Crippen LogP contribution >= 0.6 is 0 Å². The molecule has 0 radical (unpaired) electrons. The quantitative estimate of drug-likeness (QED) is 0.772. The zero-order valence-corrected chi connectivity index (χ0v) is 11.2. The smallest absolute Gasteiger partial charge is 0.162 e. The summed E-state index contributed by atoms with van der Waals surface area (Å²) < 4.78 is 11.1. The number of benzene rings is 2. The zero-order chi connectivity index (χ0) is 14.2. The van der Waals surface area contributed by atoms with E-state index in [1.807, 2.05) is 54.6 Å². The van der Waals surface area contributed by atoms with Gasteiger partial charge in [-0.3, -0.25) is 0 Å². The Balaban J connectivity index is 2.16. The predicted molar refractivity (Wildman–Crippen MR) is 78.4 cm³/mol. The van der Waals surface area contributed by atoms with E-state index in [0.717, 1.165) is 11.1 Å². The average molecular weight is 265 g/mol. The molecule has 0 fully saturated rings. The molecule has 0 bridgehead atoms. The van der Waals surface area contributed by atoms with Gasteiger partial charge in [0.2, 0.25) is 0 Å². The fourth-order valence-electron chi connectivity index (χ4n) is 1.78. The first kappa shape index (κ1) is 13.7. The van der Waals surface area contributed by atoms with Crippen molar-refractivity contribution in [2.75, 3.05) is 7.11 Å². The largest absolute Gasteiger partial charge is 0.493 e. The van der Waals surface area contributed by atoms with Gasteiger partial charge >= 0.3 is 0 Å². The average Bonchev–Trinajstić information content (AvgIpc) is 2.52. The third kappa shape index (κ3) is 3.63. The van der Waals surface area contributed by atoms with E-state index in [4.69, 9.17) is 14.7 Å². The van der Waals surface area contributed by atoms with E-state index >= 15 is 0 Å². The number of rotatable bonds is 5. The van der Waals surface area contributed by atoms with Gasteiger partial charge in [-0.15, -0.1) is 0 Å². The molecule has 0 N–H and O–H groups in total. The van der Waals surface area contributed by atoms with Crippen molar-refractivity contribution < 1.29 is 9.47 Å². The number of ether oxygens (including phenoxy) is 2. The van der Waals surface area contributed by atoms with Crippen LogP contribution in [0, 0.1) is 11.3 Å². The maximum Gasteiger partial charge on any atom is 0.162 e. The van der Waals surface area contributed by atoms with Gasteiger partial charge in [-0.05, 0) is 29.3 Å². The summed E-state index contributed by atoms with van der Waals surface area (Å²) in [5.74, 6) is 1.34. The molecule has 2 aromatic rings. The minimum atomic E-state index is 0.475. The Hall–Kier alpha value is -2.73. The van der Waals surface area contributed by atoms with Gasteiger partial charge in [-0.25, -0.2) is 0 Å². The molecule has 3 nitrogen and oxygen atoms in total. The summed E-state index contributed by atoms with van der Waals surface area (Å²) in [6.45, 7) is 0.475. The van der Waals surface area contributed by atoms with Gasteiger partial charge in [0.05, 0.1) is 13.2 Å². The SMILES string of the molecule is COc1ccc(C=CC#N)cc1OCc1ccccc1. The summed E-state index contributed by atoms with van der Waals surface area (Å²) in [5, 5.41) is 8.56. The summed E-state index contributed by atoms with van der Waals surface area (Å²) in [6, 6.07) is 17.5. The molecule has 0 aliphatic carbocycles. The van der Waals surface area contributed by atoms with Crippen molar-refractivity contribution in [2.24, 2.45) is 0 Å². The molecule has 0 aliphatic heterocycles. The first-order chi connectivity index (χ1) is 9.83. The highest BCUT2D eigenvalue weighted by Gasteiger charge is 2.05. The molecule has 3 heteroatoms. The van der Waals surface area contributed by atoms with Crippen molar-refractivity contribution in [3.05, 3.63) is 65.7 Å². The Morgan fingerprint density at radius 1 is 1.10 bits per heavy atom. The van der Waals surface area contributed by atoms with Crippen LogP contribution in [0.3, 0.4) is 0 Å². The second kappa shape index (κ2) is 7.01. The summed E-state index contributed by atoms with van der Waals surface area (Å²) in [4.78, 5) is 0. The molecule has 0 heterocycles. The first-order valence-corrected chi connectivity index (χ1v) is 6.24. The lowest BCUT2D eigenvalue weighted by Gasteiger charge is -2.11. The monoisotopic (exact) mass is 265 g/mol. The highest BCUT2D eigenvalue weighted by Crippen LogP contribution is 2.29. The number of nitriles is 1. The molecule has 0 saturated carbocycles. The molecule has 0 aliphatic rings. The minimum absolute atomic E-state index is 0.475. The Morgan fingerprint density at radius 3 is 2.60 bits per heavy atom. The fraction of sp³-hybridized carbons (Fsp3) is 0.118. The maximum absolute atomic E-state index is 8.56. The molecule has 100 valence electrons. The lowest BCUT2D eigenvalue weighted by atomic mass is 10.2. The Bertz CT molecular complexity index is 627. The number of methoxy groups -OCH3 is 1. The van der Waals surface area contributed by atoms with Crippen LogP contribution in [0.2, 0.25) is 0 Å². The highest BCUT2D eigenvalue weighted by molar-refractivity contribution is 5.57. The van der Waals surface area contributed by atoms with Crippen molar-refractivity contribution in [1.82, 2.24) is 0 Å². The molecule has 20 heavy (non-hydrogen) atoms. The summed E-state index contributed by atoms with van der Waals surface area (Å²) in [7, 11) is 1.61. The van der Waals surface area contributed by atoms with Crippen LogP contribution in [0.15, 0.2) is 54.6 Å². The van der Waals surface area contributed by atoms with Crippen molar-refractivity contribution in [3.63, 3.8) is 0 Å². The second-order valence-corrected chi connectivity index (χ2v) is 4.15. The standard InChI is InChI=1S/C17H15NO2/c1-19-16-10-9-14(8-5-11-18)12-17(16)20-13-15-6-3-2-4-7-15/h2-10,12H,13H2,1H3. The van der Waals surface area contributed by atoms with E-state index in [2.05, 4.69) is 0 Å². The van der Waals surface area contributed by atoms with Crippen LogP contribution in [0.5, 0.6) is 11.5 Å². The summed E-state index contributed by atoms with van der Waals surface area (Å²) >= 11 is 0. The van der Waals surface area contributed by atoms with E-state index in [1.54, 1.807) is 13.2 Å². The van der Waals surface area contributed by atoms with Gasteiger partial charge in [0.25, 0.3) is 0 Å². The highest BCUT2D eigenvalue weighted by atomic mass is 16.5. The Morgan fingerprint density at radius 2 is 1.90 bits per heavy atom. The second-order valence-electron chi connectivity index (χ2n) is 4.15.